The Morgan fingerprint density at radius 3 is 2.53 bits per heavy atom. The highest BCUT2D eigenvalue weighted by Gasteiger charge is 2.20. The molecule has 2 N–H and O–H groups in total. The lowest BCUT2D eigenvalue weighted by molar-refractivity contribution is -0.140. The molecule has 0 unspecified atom stereocenters. The summed E-state index contributed by atoms with van der Waals surface area (Å²) in [6.07, 6.45) is 3.57. The quantitative estimate of drug-likeness (QED) is 0.590. The van der Waals surface area contributed by atoms with Crippen molar-refractivity contribution in [3.63, 3.8) is 0 Å². The summed E-state index contributed by atoms with van der Waals surface area (Å²) in [6, 6.07) is -0.862. The standard InChI is InChI=1S/C11H18N2O3S3/c1-8(14)12-9(10(15)16)7-18-19-11(17)13-5-3-2-4-6-13/h9H,2-7H2,1H3,(H,12,14)(H,15,16)/t9-/m0/s1. The first kappa shape index (κ1) is 16.6. The lowest BCUT2D eigenvalue weighted by atomic mass is 10.1. The van der Waals surface area contributed by atoms with Crippen LogP contribution in [0.4, 0.5) is 0 Å². The summed E-state index contributed by atoms with van der Waals surface area (Å²) in [5, 5.41) is 11.4. The molecule has 5 nitrogen and oxygen atoms in total. The molecule has 1 atom stereocenters. The van der Waals surface area contributed by atoms with Crippen LogP contribution in [0.25, 0.3) is 0 Å². The van der Waals surface area contributed by atoms with E-state index >= 15 is 0 Å². The Kier molecular flexibility index (Phi) is 7.55. The number of nitrogens with zero attached hydrogens (tertiary/aromatic N) is 1. The third-order valence-electron chi connectivity index (χ3n) is 2.65. The summed E-state index contributed by atoms with van der Waals surface area (Å²) in [5.41, 5.74) is 0. The molecule has 8 heteroatoms. The fourth-order valence-electron chi connectivity index (χ4n) is 1.70. The molecule has 0 radical (unpaired) electrons. The van der Waals surface area contributed by atoms with E-state index in [-0.39, 0.29) is 5.91 Å². The van der Waals surface area contributed by atoms with Crippen molar-refractivity contribution < 1.29 is 14.7 Å². The lowest BCUT2D eigenvalue weighted by Crippen LogP contribution is -2.41. The normalized spacial score (nSPS) is 16.8. The number of piperidine rings is 1. The zero-order valence-electron chi connectivity index (χ0n) is 10.8. The molecule has 19 heavy (non-hydrogen) atoms. The molecule has 1 aliphatic heterocycles. The van der Waals surface area contributed by atoms with Gasteiger partial charge in [0.1, 0.15) is 10.4 Å². The summed E-state index contributed by atoms with van der Waals surface area (Å²) in [5.74, 6) is -1.06. The molecule has 0 saturated carbocycles. The van der Waals surface area contributed by atoms with Gasteiger partial charge in [0.2, 0.25) is 5.91 Å². The smallest absolute Gasteiger partial charge is 0.327 e. The van der Waals surface area contributed by atoms with Crippen LogP contribution in [-0.4, -0.2) is 51.1 Å². The minimum Gasteiger partial charge on any atom is -0.480 e. The highest BCUT2D eigenvalue weighted by molar-refractivity contribution is 8.83. The largest absolute Gasteiger partial charge is 0.480 e. The van der Waals surface area contributed by atoms with Crippen LogP contribution in [0.15, 0.2) is 0 Å². The number of hydrogen-bond donors (Lipinski definition) is 2. The second-order valence-electron chi connectivity index (χ2n) is 4.27. The van der Waals surface area contributed by atoms with Gasteiger partial charge in [-0.1, -0.05) is 23.0 Å². The van der Waals surface area contributed by atoms with E-state index in [4.69, 9.17) is 17.3 Å². The number of carboxylic acids is 1. The Morgan fingerprint density at radius 2 is 2.00 bits per heavy atom. The molecule has 0 spiro atoms. The van der Waals surface area contributed by atoms with Crippen LogP contribution in [0.1, 0.15) is 26.2 Å². The zero-order valence-corrected chi connectivity index (χ0v) is 13.2. The minimum absolute atomic E-state index is 0.299. The van der Waals surface area contributed by atoms with Gasteiger partial charge in [0.15, 0.2) is 0 Å². The number of likely N-dealkylation sites (tertiary alicyclic amines) is 1. The van der Waals surface area contributed by atoms with Gasteiger partial charge < -0.3 is 15.3 Å². The Hall–Kier alpha value is -0.470. The number of nitrogens with one attached hydrogen (secondary N) is 1. The van der Waals surface area contributed by atoms with Crippen molar-refractivity contribution in [3.05, 3.63) is 0 Å². The first-order chi connectivity index (χ1) is 9.00. The molecule has 0 aromatic carbocycles. The highest BCUT2D eigenvalue weighted by atomic mass is 33.1. The van der Waals surface area contributed by atoms with E-state index in [1.54, 1.807) is 0 Å². The van der Waals surface area contributed by atoms with E-state index in [2.05, 4.69) is 10.2 Å². The molecule has 1 rings (SSSR count). The third kappa shape index (κ3) is 6.49. The van der Waals surface area contributed by atoms with Crippen LogP contribution in [0, 0.1) is 0 Å². The number of rotatable bonds is 5. The van der Waals surface area contributed by atoms with Crippen molar-refractivity contribution in [2.45, 2.75) is 32.2 Å². The maximum Gasteiger partial charge on any atom is 0.327 e. The van der Waals surface area contributed by atoms with Crippen LogP contribution in [-0.2, 0) is 9.59 Å². The van der Waals surface area contributed by atoms with E-state index in [1.165, 1.54) is 34.9 Å². The molecule has 1 heterocycles. The van der Waals surface area contributed by atoms with Crippen LogP contribution in [0.5, 0.6) is 0 Å². The number of carboxylic acid groups (broad SMARTS) is 1. The Balaban J connectivity index is 2.28. The fraction of sp³-hybridized carbons (Fsp3) is 0.727. The summed E-state index contributed by atoms with van der Waals surface area (Å²) in [4.78, 5) is 24.0. The van der Waals surface area contributed by atoms with Gasteiger partial charge in [-0.2, -0.15) is 0 Å². The SMILES string of the molecule is CC(=O)N[C@@H](CSSC(=S)N1CCCCC1)C(=O)O. The van der Waals surface area contributed by atoms with Crippen LogP contribution in [0.3, 0.4) is 0 Å². The number of thiocarbonyl (C=S) groups is 1. The van der Waals surface area contributed by atoms with Gasteiger partial charge in [0.25, 0.3) is 0 Å². The predicted octanol–water partition coefficient (Wildman–Crippen LogP) is 1.73. The van der Waals surface area contributed by atoms with Crippen LogP contribution < -0.4 is 5.32 Å². The Morgan fingerprint density at radius 1 is 1.37 bits per heavy atom. The van der Waals surface area contributed by atoms with E-state index in [9.17, 15) is 9.59 Å². The van der Waals surface area contributed by atoms with E-state index < -0.39 is 12.0 Å². The topological polar surface area (TPSA) is 69.6 Å². The molecule has 108 valence electrons. The summed E-state index contributed by atoms with van der Waals surface area (Å²) in [6.45, 7) is 3.28. The monoisotopic (exact) mass is 322 g/mol. The molecule has 0 aromatic rings. The zero-order chi connectivity index (χ0) is 14.3. The molecule has 1 fully saturated rings. The van der Waals surface area contributed by atoms with Gasteiger partial charge in [-0.3, -0.25) is 4.79 Å². The molecular formula is C11H18N2O3S3. The minimum atomic E-state index is -1.02. The third-order valence-corrected chi connectivity index (χ3v) is 5.70. The van der Waals surface area contributed by atoms with E-state index in [0.717, 1.165) is 30.3 Å². The first-order valence-corrected chi connectivity index (χ1v) is 8.81. The molecule has 1 amide bonds. The van der Waals surface area contributed by atoms with Crippen molar-refractivity contribution >= 4 is 50.0 Å². The van der Waals surface area contributed by atoms with E-state index in [1.807, 2.05) is 0 Å². The molecular weight excluding hydrogens is 304 g/mol. The van der Waals surface area contributed by atoms with Gasteiger partial charge in [0, 0.05) is 25.8 Å². The van der Waals surface area contributed by atoms with Gasteiger partial charge in [-0.25, -0.2) is 4.79 Å². The summed E-state index contributed by atoms with van der Waals surface area (Å²) < 4.78 is 0.802. The number of carbonyl (C=O) groups excluding carboxylic acids is 1. The van der Waals surface area contributed by atoms with Crippen LogP contribution >= 0.6 is 33.8 Å². The van der Waals surface area contributed by atoms with Gasteiger partial charge in [0.05, 0.1) is 0 Å². The average molecular weight is 322 g/mol. The predicted molar refractivity (Wildman–Crippen MR) is 83.3 cm³/mol. The molecule has 0 aromatic heterocycles. The molecule has 1 aliphatic rings. The number of hydrogen-bond acceptors (Lipinski definition) is 5. The lowest BCUT2D eigenvalue weighted by Gasteiger charge is -2.28. The maximum atomic E-state index is 10.9. The maximum absolute atomic E-state index is 10.9. The van der Waals surface area contributed by atoms with Crippen molar-refractivity contribution in [1.29, 1.82) is 0 Å². The Bertz CT molecular complexity index is 346. The molecule has 0 bridgehead atoms. The second-order valence-corrected chi connectivity index (χ2v) is 7.25. The Labute approximate surface area is 126 Å². The van der Waals surface area contributed by atoms with Gasteiger partial charge in [-0.05, 0) is 30.1 Å². The fourth-order valence-corrected chi connectivity index (χ4v) is 4.37. The highest BCUT2D eigenvalue weighted by Crippen LogP contribution is 2.27. The van der Waals surface area contributed by atoms with E-state index in [0.29, 0.717) is 5.75 Å². The van der Waals surface area contributed by atoms with Crippen LogP contribution in [0.2, 0.25) is 0 Å². The molecule has 0 aliphatic carbocycles. The van der Waals surface area contributed by atoms with Crippen molar-refractivity contribution in [2.24, 2.45) is 0 Å². The average Bonchev–Trinajstić information content (AvgIpc) is 2.37. The second kappa shape index (κ2) is 8.65. The number of amides is 1. The first-order valence-electron chi connectivity index (χ1n) is 6.09. The number of aliphatic carboxylic acids is 1. The van der Waals surface area contributed by atoms with Crippen molar-refractivity contribution in [2.75, 3.05) is 18.8 Å². The van der Waals surface area contributed by atoms with Crippen molar-refractivity contribution in [3.8, 4) is 0 Å². The van der Waals surface area contributed by atoms with Gasteiger partial charge >= 0.3 is 5.97 Å². The summed E-state index contributed by atoms with van der Waals surface area (Å²) >= 11 is 5.31. The van der Waals surface area contributed by atoms with Gasteiger partial charge in [-0.15, -0.1) is 0 Å². The molecule has 1 saturated heterocycles. The number of carbonyl (C=O) groups is 2. The van der Waals surface area contributed by atoms with Crippen molar-refractivity contribution in [1.82, 2.24) is 10.2 Å². The summed E-state index contributed by atoms with van der Waals surface area (Å²) in [7, 11) is 2.79.